The number of amides is 1. The molecule has 1 atom stereocenters. The second kappa shape index (κ2) is 10.1. The number of aromatic amines is 1. The number of H-pyrrole nitrogens is 1. The van der Waals surface area contributed by atoms with E-state index in [2.05, 4.69) is 4.98 Å². The highest BCUT2D eigenvalue weighted by atomic mass is 16.5. The summed E-state index contributed by atoms with van der Waals surface area (Å²) in [5, 5.41) is 13.8. The highest BCUT2D eigenvalue weighted by Gasteiger charge is 2.44. The molecule has 9 nitrogen and oxygen atoms in total. The van der Waals surface area contributed by atoms with Crippen LogP contribution in [-0.2, 0) is 14.3 Å². The average Bonchev–Trinajstić information content (AvgIpc) is 3.24. The number of ketones is 1. The first-order chi connectivity index (χ1) is 16.1. The predicted octanol–water partition coefficient (Wildman–Crippen LogP) is 0.185. The summed E-state index contributed by atoms with van der Waals surface area (Å²) in [4.78, 5) is 44.0. The Kier molecular flexibility index (Phi) is 7.46. The molecule has 1 aliphatic heterocycles. The number of methoxy groups -OCH3 is 1. The summed E-state index contributed by atoms with van der Waals surface area (Å²) < 4.78 is 10.3. The van der Waals surface area contributed by atoms with Gasteiger partial charge >= 0.3 is 5.97 Å². The summed E-state index contributed by atoms with van der Waals surface area (Å²) in [6.45, 7) is 6.06. The van der Waals surface area contributed by atoms with E-state index >= 15 is 0 Å². The number of aromatic nitrogens is 1. The first-order valence-corrected chi connectivity index (χ1v) is 11.2. The average molecular weight is 470 g/mol. The Morgan fingerprint density at radius 2 is 1.82 bits per heavy atom. The van der Waals surface area contributed by atoms with Gasteiger partial charge in [0.05, 0.1) is 46.9 Å². The van der Waals surface area contributed by atoms with Gasteiger partial charge in [0.1, 0.15) is 11.4 Å². The third kappa shape index (κ3) is 4.56. The van der Waals surface area contributed by atoms with Gasteiger partial charge in [-0.15, -0.1) is 0 Å². The molecule has 0 spiro atoms. The van der Waals surface area contributed by atoms with Crippen molar-refractivity contribution in [2.75, 3.05) is 40.9 Å². The third-order valence-electron chi connectivity index (χ3n) is 5.96. The van der Waals surface area contributed by atoms with Crippen LogP contribution in [0.1, 0.15) is 45.8 Å². The molecule has 0 bridgehead atoms. The fraction of sp³-hybridized carbons (Fsp3) is 0.400. The molecular formula is C25H31N3O6. The van der Waals surface area contributed by atoms with Gasteiger partial charge < -0.3 is 29.4 Å². The van der Waals surface area contributed by atoms with Crippen molar-refractivity contribution in [3.63, 3.8) is 0 Å². The molecule has 1 unspecified atom stereocenters. The van der Waals surface area contributed by atoms with Crippen molar-refractivity contribution in [2.45, 2.75) is 26.8 Å². The van der Waals surface area contributed by atoms with Crippen LogP contribution in [0, 0.1) is 13.8 Å². The fourth-order valence-electron chi connectivity index (χ4n) is 4.21. The van der Waals surface area contributed by atoms with Crippen LogP contribution < -0.4 is 14.7 Å². The van der Waals surface area contributed by atoms with Gasteiger partial charge in [-0.1, -0.05) is 17.9 Å². The lowest BCUT2D eigenvalue weighted by Crippen LogP contribution is -3.06. The Morgan fingerprint density at radius 3 is 2.38 bits per heavy atom. The molecule has 2 aromatic rings. The standard InChI is InChI=1S/C25H31N3O6/c1-7-34-25(32)20-14(2)18(15(3)26-20)22(29)19-21(16-8-10-17(33-6)11-9-16)28(13-12-27(4)5)24(31)23(19)30/h8-11,21,26,29H,7,12-13H2,1-6H3. The van der Waals surface area contributed by atoms with Gasteiger partial charge in [-0.3, -0.25) is 9.59 Å². The van der Waals surface area contributed by atoms with E-state index < -0.39 is 29.5 Å². The summed E-state index contributed by atoms with van der Waals surface area (Å²) in [5.74, 6) is -2.06. The van der Waals surface area contributed by atoms with E-state index in [4.69, 9.17) is 9.47 Å². The van der Waals surface area contributed by atoms with Crippen LogP contribution >= 0.6 is 0 Å². The van der Waals surface area contributed by atoms with Crippen LogP contribution in [-0.4, -0.2) is 68.4 Å². The van der Waals surface area contributed by atoms with Crippen LogP contribution in [0.25, 0.3) is 5.76 Å². The van der Waals surface area contributed by atoms with Gasteiger partial charge in [0.15, 0.2) is 0 Å². The summed E-state index contributed by atoms with van der Waals surface area (Å²) in [6, 6.07) is 6.12. The second-order valence-corrected chi connectivity index (χ2v) is 8.55. The molecule has 2 heterocycles. The maximum absolute atomic E-state index is 13.8. The number of rotatable bonds is 8. The molecule has 2 N–H and O–H groups in total. The van der Waals surface area contributed by atoms with Crippen molar-refractivity contribution >= 4 is 23.4 Å². The number of benzene rings is 1. The van der Waals surface area contributed by atoms with Crippen LogP contribution in [0.4, 0.5) is 0 Å². The van der Waals surface area contributed by atoms with E-state index in [9.17, 15) is 19.5 Å². The van der Waals surface area contributed by atoms with Crippen molar-refractivity contribution < 1.29 is 33.9 Å². The van der Waals surface area contributed by atoms with Gasteiger partial charge in [-0.25, -0.2) is 4.79 Å². The second-order valence-electron chi connectivity index (χ2n) is 8.55. The lowest BCUT2D eigenvalue weighted by molar-refractivity contribution is -0.857. The van der Waals surface area contributed by atoms with Gasteiger partial charge in [-0.05, 0) is 49.6 Å². The summed E-state index contributed by atoms with van der Waals surface area (Å²) in [7, 11) is 5.44. The number of Topliss-reactive ketones (excluding diaryl/α,β-unsaturated/α-hetero) is 1. The molecule has 182 valence electrons. The minimum atomic E-state index is -0.836. The Balaban J connectivity index is 2.19. The number of carbonyl (C=O) groups excluding carboxylic acids is 3. The van der Waals surface area contributed by atoms with E-state index in [1.807, 2.05) is 14.1 Å². The number of quaternary nitrogens is 1. The van der Waals surface area contributed by atoms with Crippen molar-refractivity contribution in [3.8, 4) is 5.75 Å². The minimum absolute atomic E-state index is 0.121. The molecule has 0 aliphatic carbocycles. The van der Waals surface area contributed by atoms with Crippen LogP contribution in [0.2, 0.25) is 0 Å². The van der Waals surface area contributed by atoms with Crippen molar-refractivity contribution in [3.05, 3.63) is 57.9 Å². The van der Waals surface area contributed by atoms with Gasteiger partial charge in [0.2, 0.25) is 5.78 Å². The third-order valence-corrected chi connectivity index (χ3v) is 5.96. The first-order valence-electron chi connectivity index (χ1n) is 11.2. The lowest BCUT2D eigenvalue weighted by Gasteiger charge is -2.28. The number of likely N-dealkylation sites (tertiary alicyclic amines) is 1. The molecule has 1 aromatic carbocycles. The molecule has 1 aromatic heterocycles. The molecule has 1 amide bonds. The number of nitrogens with one attached hydrogen (secondary N) is 2. The summed E-state index contributed by atoms with van der Waals surface area (Å²) >= 11 is 0. The molecule has 1 saturated heterocycles. The summed E-state index contributed by atoms with van der Waals surface area (Å²) in [6.07, 6.45) is 0. The molecule has 0 saturated carbocycles. The van der Waals surface area contributed by atoms with Gasteiger partial charge in [0, 0.05) is 11.3 Å². The SMILES string of the molecule is CCOC(=O)c1[nH]c(C)c(C([O-])=C2C(=O)C(=O)N(CC[NH+](C)C)C2c2ccc(OC)cc2)c1C. The van der Waals surface area contributed by atoms with E-state index in [1.165, 1.54) is 4.90 Å². The number of hydrogen-bond donors (Lipinski definition) is 2. The molecular weight excluding hydrogens is 438 g/mol. The van der Waals surface area contributed by atoms with Crippen molar-refractivity contribution in [2.24, 2.45) is 0 Å². The number of nitrogens with zero attached hydrogens (tertiary/aromatic N) is 1. The molecule has 1 fully saturated rings. The fourth-order valence-corrected chi connectivity index (χ4v) is 4.21. The Morgan fingerprint density at radius 1 is 1.18 bits per heavy atom. The minimum Gasteiger partial charge on any atom is -0.872 e. The van der Waals surface area contributed by atoms with E-state index in [1.54, 1.807) is 52.1 Å². The smallest absolute Gasteiger partial charge is 0.355 e. The quantitative estimate of drug-likeness (QED) is 0.247. The Hall–Kier alpha value is -3.59. The number of ether oxygens (including phenoxy) is 2. The zero-order chi connectivity index (χ0) is 25.2. The first kappa shape index (κ1) is 25.0. The topological polar surface area (TPSA) is 116 Å². The monoisotopic (exact) mass is 469 g/mol. The van der Waals surface area contributed by atoms with Crippen LogP contribution in [0.3, 0.4) is 0 Å². The predicted molar refractivity (Wildman–Crippen MR) is 123 cm³/mol. The van der Waals surface area contributed by atoms with Crippen molar-refractivity contribution in [1.82, 2.24) is 9.88 Å². The zero-order valence-corrected chi connectivity index (χ0v) is 20.4. The number of likely N-dealkylation sites (N-methyl/N-ethyl adjacent to an activating group) is 1. The number of esters is 1. The lowest BCUT2D eigenvalue weighted by atomic mass is 9.94. The maximum atomic E-state index is 13.8. The molecule has 9 heteroatoms. The molecule has 1 aliphatic rings. The van der Waals surface area contributed by atoms with Gasteiger partial charge in [0.25, 0.3) is 5.91 Å². The molecule has 34 heavy (non-hydrogen) atoms. The number of carbonyl (C=O) groups is 3. The van der Waals surface area contributed by atoms with Crippen LogP contribution in [0.5, 0.6) is 5.75 Å². The number of hydrogen-bond acceptors (Lipinski definition) is 6. The summed E-state index contributed by atoms with van der Waals surface area (Å²) in [5.41, 5.74) is 1.70. The zero-order valence-electron chi connectivity index (χ0n) is 20.4. The normalized spacial score (nSPS) is 17.5. The highest BCUT2D eigenvalue weighted by molar-refractivity contribution is 6.46. The molecule has 0 radical (unpaired) electrons. The Bertz CT molecular complexity index is 1130. The van der Waals surface area contributed by atoms with E-state index in [0.29, 0.717) is 35.7 Å². The molecule has 3 rings (SSSR count). The van der Waals surface area contributed by atoms with Crippen molar-refractivity contribution in [1.29, 1.82) is 0 Å². The maximum Gasteiger partial charge on any atom is 0.355 e. The number of aryl methyl sites for hydroxylation is 1. The highest BCUT2D eigenvalue weighted by Crippen LogP contribution is 2.40. The Labute approximate surface area is 199 Å². The van der Waals surface area contributed by atoms with E-state index in [0.717, 1.165) is 4.90 Å². The van der Waals surface area contributed by atoms with Gasteiger partial charge in [-0.2, -0.15) is 0 Å². The van der Waals surface area contributed by atoms with Crippen LogP contribution in [0.15, 0.2) is 29.8 Å². The van der Waals surface area contributed by atoms with E-state index in [-0.39, 0.29) is 23.4 Å². The largest absolute Gasteiger partial charge is 0.872 e.